The van der Waals surface area contributed by atoms with Crippen LogP contribution in [0.1, 0.15) is 30.0 Å². The van der Waals surface area contributed by atoms with Crippen molar-refractivity contribution in [2.45, 2.75) is 31.3 Å². The molecule has 0 radical (unpaired) electrons. The zero-order valence-corrected chi connectivity index (χ0v) is 11.2. The minimum Gasteiger partial charge on any atom is -0.305 e. The van der Waals surface area contributed by atoms with Gasteiger partial charge < -0.3 is 4.90 Å². The highest BCUT2D eigenvalue weighted by atomic mass is 19.1. The second-order valence-corrected chi connectivity index (χ2v) is 5.77. The van der Waals surface area contributed by atoms with E-state index in [1.54, 1.807) is 6.07 Å². The molecule has 0 N–H and O–H groups in total. The van der Waals surface area contributed by atoms with E-state index in [1.165, 1.54) is 12.0 Å². The van der Waals surface area contributed by atoms with Gasteiger partial charge in [-0.1, -0.05) is 12.1 Å². The third-order valence-electron chi connectivity index (χ3n) is 4.53. The van der Waals surface area contributed by atoms with Crippen LogP contribution >= 0.6 is 0 Å². The summed E-state index contributed by atoms with van der Waals surface area (Å²) in [7, 11) is 4.27. The average Bonchev–Trinajstić information content (AvgIpc) is 2.94. The summed E-state index contributed by atoms with van der Waals surface area (Å²) < 4.78 is 14.0. The third kappa shape index (κ3) is 1.95. The molecule has 3 rings (SSSR count). The van der Waals surface area contributed by atoms with Gasteiger partial charge in [0, 0.05) is 30.7 Å². The summed E-state index contributed by atoms with van der Waals surface area (Å²) in [5.41, 5.74) is 2.19. The number of benzene rings is 1. The Morgan fingerprint density at radius 3 is 2.83 bits per heavy atom. The Hall–Kier alpha value is -0.930. The number of fused-ring (bicyclic) bond motifs is 1. The molecule has 2 aliphatic rings. The first-order chi connectivity index (χ1) is 8.66. The van der Waals surface area contributed by atoms with Gasteiger partial charge in [0.25, 0.3) is 0 Å². The molecule has 1 heterocycles. The minimum absolute atomic E-state index is 0.0108. The highest BCUT2D eigenvalue weighted by molar-refractivity contribution is 5.36. The Balaban J connectivity index is 1.81. The number of nitrogens with zero attached hydrogens (tertiary/aromatic N) is 2. The monoisotopic (exact) mass is 248 g/mol. The second kappa shape index (κ2) is 4.63. The summed E-state index contributed by atoms with van der Waals surface area (Å²) in [4.78, 5) is 4.76. The van der Waals surface area contributed by atoms with Gasteiger partial charge in [-0.05, 0) is 45.0 Å². The Kier molecular flexibility index (Phi) is 3.12. The molecule has 1 fully saturated rings. The van der Waals surface area contributed by atoms with Gasteiger partial charge in [-0.15, -0.1) is 0 Å². The van der Waals surface area contributed by atoms with Gasteiger partial charge in [0.15, 0.2) is 0 Å². The second-order valence-electron chi connectivity index (χ2n) is 5.77. The van der Waals surface area contributed by atoms with Crippen molar-refractivity contribution >= 4 is 0 Å². The number of hydrogen-bond acceptors (Lipinski definition) is 2. The fraction of sp³-hybridized carbons (Fsp3) is 0.600. The van der Waals surface area contributed by atoms with Crippen molar-refractivity contribution < 1.29 is 4.39 Å². The van der Waals surface area contributed by atoms with Gasteiger partial charge in [0.1, 0.15) is 5.82 Å². The lowest BCUT2D eigenvalue weighted by Gasteiger charge is -2.26. The molecule has 0 spiro atoms. The number of halogens is 1. The third-order valence-corrected chi connectivity index (χ3v) is 4.53. The van der Waals surface area contributed by atoms with Crippen molar-refractivity contribution in [3.8, 4) is 0 Å². The number of aryl methyl sites for hydroxylation is 1. The van der Waals surface area contributed by atoms with Gasteiger partial charge >= 0.3 is 0 Å². The minimum atomic E-state index is -0.0108. The summed E-state index contributed by atoms with van der Waals surface area (Å²) >= 11 is 0. The van der Waals surface area contributed by atoms with Crippen LogP contribution in [0.3, 0.4) is 0 Å². The molecule has 0 saturated carbocycles. The zero-order chi connectivity index (χ0) is 12.7. The Morgan fingerprint density at radius 1 is 1.28 bits per heavy atom. The quantitative estimate of drug-likeness (QED) is 0.793. The molecule has 1 aliphatic heterocycles. The first kappa shape index (κ1) is 12.1. The molecule has 0 bridgehead atoms. The van der Waals surface area contributed by atoms with Crippen LogP contribution in [0.5, 0.6) is 0 Å². The number of likely N-dealkylation sites (N-methyl/N-ethyl adjacent to an activating group) is 1. The maximum absolute atomic E-state index is 14.0. The fourth-order valence-corrected chi connectivity index (χ4v) is 3.45. The van der Waals surface area contributed by atoms with E-state index in [9.17, 15) is 4.39 Å². The zero-order valence-electron chi connectivity index (χ0n) is 11.2. The molecule has 0 amide bonds. The molecule has 3 heteroatoms. The van der Waals surface area contributed by atoms with Crippen LogP contribution in [0.4, 0.5) is 4.39 Å². The van der Waals surface area contributed by atoms with Crippen molar-refractivity contribution in [2.24, 2.45) is 0 Å². The van der Waals surface area contributed by atoms with Crippen LogP contribution in [0.15, 0.2) is 18.2 Å². The largest absolute Gasteiger partial charge is 0.305 e. The van der Waals surface area contributed by atoms with E-state index in [2.05, 4.69) is 30.0 Å². The predicted molar refractivity (Wildman–Crippen MR) is 71.1 cm³/mol. The van der Waals surface area contributed by atoms with Gasteiger partial charge in [0.05, 0.1) is 0 Å². The molecule has 1 aromatic carbocycles. The number of likely N-dealkylation sites (tertiary alicyclic amines) is 1. The highest BCUT2D eigenvalue weighted by Crippen LogP contribution is 2.39. The van der Waals surface area contributed by atoms with E-state index in [0.717, 1.165) is 31.5 Å². The fourth-order valence-electron chi connectivity index (χ4n) is 3.45. The molecule has 1 saturated heterocycles. The summed E-state index contributed by atoms with van der Waals surface area (Å²) in [5.74, 6) is -0.0108. The Bertz CT molecular complexity index is 444. The molecule has 1 aliphatic carbocycles. The Morgan fingerprint density at radius 2 is 2.11 bits per heavy atom. The van der Waals surface area contributed by atoms with Gasteiger partial charge in [0.2, 0.25) is 0 Å². The average molecular weight is 248 g/mol. The molecule has 98 valence electrons. The molecular formula is C15H21FN2. The predicted octanol–water partition coefficient (Wildman–Crippen LogP) is 2.45. The van der Waals surface area contributed by atoms with E-state index >= 15 is 0 Å². The van der Waals surface area contributed by atoms with Crippen molar-refractivity contribution in [3.05, 3.63) is 35.1 Å². The van der Waals surface area contributed by atoms with E-state index in [4.69, 9.17) is 0 Å². The lowest BCUT2D eigenvalue weighted by atomic mass is 10.1. The van der Waals surface area contributed by atoms with Crippen molar-refractivity contribution in [1.82, 2.24) is 9.80 Å². The first-order valence-electron chi connectivity index (χ1n) is 6.84. The molecule has 2 nitrogen and oxygen atoms in total. The van der Waals surface area contributed by atoms with Crippen LogP contribution in [-0.4, -0.2) is 43.0 Å². The summed E-state index contributed by atoms with van der Waals surface area (Å²) in [6.45, 7) is 2.17. The summed E-state index contributed by atoms with van der Waals surface area (Å²) in [6, 6.07) is 6.46. The maximum Gasteiger partial charge on any atom is 0.128 e. The van der Waals surface area contributed by atoms with Crippen LogP contribution in [0, 0.1) is 5.82 Å². The SMILES string of the molecule is CN(C)[C@H]1CCN([C@H]2CCc3cccc(F)c32)C1. The summed E-state index contributed by atoms with van der Waals surface area (Å²) in [6.07, 6.45) is 3.31. The lowest BCUT2D eigenvalue weighted by Crippen LogP contribution is -2.33. The standard InChI is InChI=1S/C15H21FN2/c1-17(2)12-8-9-18(10-12)14-7-6-11-4-3-5-13(16)15(11)14/h3-5,12,14H,6-10H2,1-2H3/t12-,14-/m0/s1. The number of rotatable bonds is 2. The maximum atomic E-state index is 14.0. The van der Waals surface area contributed by atoms with Crippen molar-refractivity contribution in [3.63, 3.8) is 0 Å². The first-order valence-corrected chi connectivity index (χ1v) is 6.84. The molecule has 0 unspecified atom stereocenters. The highest BCUT2D eigenvalue weighted by Gasteiger charge is 2.35. The Labute approximate surface area is 108 Å². The smallest absolute Gasteiger partial charge is 0.128 e. The van der Waals surface area contributed by atoms with Gasteiger partial charge in [-0.3, -0.25) is 4.90 Å². The number of hydrogen-bond donors (Lipinski definition) is 0. The van der Waals surface area contributed by atoms with Crippen LogP contribution < -0.4 is 0 Å². The molecule has 1 aromatic rings. The van der Waals surface area contributed by atoms with Crippen LogP contribution in [-0.2, 0) is 6.42 Å². The molecular weight excluding hydrogens is 227 g/mol. The van der Waals surface area contributed by atoms with Crippen LogP contribution in [0.2, 0.25) is 0 Å². The van der Waals surface area contributed by atoms with E-state index in [1.807, 2.05) is 6.07 Å². The van der Waals surface area contributed by atoms with Crippen molar-refractivity contribution in [1.29, 1.82) is 0 Å². The van der Waals surface area contributed by atoms with E-state index in [0.29, 0.717) is 12.1 Å². The summed E-state index contributed by atoms with van der Waals surface area (Å²) in [5, 5.41) is 0. The van der Waals surface area contributed by atoms with Gasteiger partial charge in [-0.25, -0.2) is 4.39 Å². The van der Waals surface area contributed by atoms with E-state index < -0.39 is 0 Å². The van der Waals surface area contributed by atoms with Crippen LogP contribution in [0.25, 0.3) is 0 Å². The van der Waals surface area contributed by atoms with Crippen molar-refractivity contribution in [2.75, 3.05) is 27.2 Å². The molecule has 2 atom stereocenters. The topological polar surface area (TPSA) is 6.48 Å². The normalized spacial score (nSPS) is 28.0. The molecule has 0 aromatic heterocycles. The van der Waals surface area contributed by atoms with Gasteiger partial charge in [-0.2, -0.15) is 0 Å². The molecule has 18 heavy (non-hydrogen) atoms. The lowest BCUT2D eigenvalue weighted by molar-refractivity contribution is 0.213. The van der Waals surface area contributed by atoms with E-state index in [-0.39, 0.29) is 5.82 Å².